The molecule has 1 saturated carbocycles. The Balaban J connectivity index is 1.69. The molecule has 0 radical (unpaired) electrons. The Hall–Kier alpha value is -2.08. The van der Waals surface area contributed by atoms with Crippen molar-refractivity contribution in [2.75, 3.05) is 20.8 Å². The number of rotatable bonds is 3. The molecule has 2 fully saturated rings. The summed E-state index contributed by atoms with van der Waals surface area (Å²) < 4.78 is 16.5. The van der Waals surface area contributed by atoms with Crippen LogP contribution in [0.5, 0.6) is 11.5 Å². The van der Waals surface area contributed by atoms with Crippen molar-refractivity contribution in [3.05, 3.63) is 23.3 Å². The normalized spacial score (nSPS) is 32.0. The van der Waals surface area contributed by atoms with E-state index in [9.17, 15) is 9.59 Å². The van der Waals surface area contributed by atoms with E-state index in [0.29, 0.717) is 18.0 Å². The molecule has 2 heterocycles. The molecule has 4 rings (SSSR count). The second-order valence-electron chi connectivity index (χ2n) is 8.48. The molecule has 2 aliphatic heterocycles. The average molecular weight is 387 g/mol. The van der Waals surface area contributed by atoms with Crippen molar-refractivity contribution >= 4 is 11.8 Å². The molecule has 1 aromatic rings. The van der Waals surface area contributed by atoms with E-state index in [1.807, 2.05) is 12.1 Å². The van der Waals surface area contributed by atoms with E-state index in [0.717, 1.165) is 43.5 Å². The van der Waals surface area contributed by atoms with Gasteiger partial charge in [-0.3, -0.25) is 14.5 Å². The van der Waals surface area contributed by atoms with Gasteiger partial charge in [0, 0.05) is 43.8 Å². The Morgan fingerprint density at radius 2 is 1.93 bits per heavy atom. The summed E-state index contributed by atoms with van der Waals surface area (Å²) in [5.41, 5.74) is 2.03. The number of carbonyl (C=O) groups is 2. The van der Waals surface area contributed by atoms with Crippen LogP contribution >= 0.6 is 0 Å². The van der Waals surface area contributed by atoms with Gasteiger partial charge in [-0.2, -0.15) is 0 Å². The number of esters is 1. The van der Waals surface area contributed by atoms with Gasteiger partial charge in [-0.15, -0.1) is 0 Å². The summed E-state index contributed by atoms with van der Waals surface area (Å²) in [5, 5.41) is 0. The summed E-state index contributed by atoms with van der Waals surface area (Å²) in [6, 6.07) is 4.22. The van der Waals surface area contributed by atoms with Gasteiger partial charge in [-0.1, -0.05) is 6.92 Å². The lowest BCUT2D eigenvalue weighted by molar-refractivity contribution is -0.160. The standard InChI is InChI=1S/C22H29NO5/c1-13(24)28-15-5-7-22(2)20(10-15)23-8-6-14-9-18(26-3)19(27-4)11-16(14)17(23)12-21(22)25/h9,11,15,17,20H,5-8,10,12H2,1-4H3/t15-,17+,20?,22+/m0/s1. The van der Waals surface area contributed by atoms with Crippen LogP contribution in [0.4, 0.5) is 0 Å². The second kappa shape index (κ2) is 7.07. The highest BCUT2D eigenvalue weighted by Gasteiger charge is 2.54. The lowest BCUT2D eigenvalue weighted by Gasteiger charge is -2.56. The van der Waals surface area contributed by atoms with Crippen LogP contribution < -0.4 is 9.47 Å². The van der Waals surface area contributed by atoms with Crippen LogP contribution in [0, 0.1) is 5.41 Å². The third-order valence-corrected chi connectivity index (χ3v) is 7.00. The number of ketones is 1. The molecule has 4 atom stereocenters. The van der Waals surface area contributed by atoms with Gasteiger partial charge in [-0.05, 0) is 42.5 Å². The first-order valence-corrected chi connectivity index (χ1v) is 10.1. The van der Waals surface area contributed by atoms with Gasteiger partial charge in [0.2, 0.25) is 0 Å². The molecule has 3 aliphatic rings. The van der Waals surface area contributed by atoms with Crippen LogP contribution in [0.3, 0.4) is 0 Å². The molecule has 6 nitrogen and oxygen atoms in total. The fourth-order valence-corrected chi connectivity index (χ4v) is 5.48. The Kier molecular flexibility index (Phi) is 4.86. The van der Waals surface area contributed by atoms with Gasteiger partial charge in [0.25, 0.3) is 0 Å². The molecule has 6 heteroatoms. The summed E-state index contributed by atoms with van der Waals surface area (Å²) in [7, 11) is 3.28. The fraction of sp³-hybridized carbons (Fsp3) is 0.636. The van der Waals surface area contributed by atoms with E-state index in [1.165, 1.54) is 12.5 Å². The van der Waals surface area contributed by atoms with Gasteiger partial charge >= 0.3 is 5.97 Å². The number of carbonyl (C=O) groups excluding carboxylic acids is 2. The lowest BCUT2D eigenvalue weighted by Crippen LogP contribution is -2.61. The van der Waals surface area contributed by atoms with Crippen molar-refractivity contribution in [1.29, 1.82) is 0 Å². The number of piperidine rings is 1. The van der Waals surface area contributed by atoms with Crippen molar-refractivity contribution in [3.8, 4) is 11.5 Å². The first-order valence-electron chi connectivity index (χ1n) is 10.1. The molecular formula is C22H29NO5. The first-order chi connectivity index (χ1) is 13.4. The zero-order valence-electron chi connectivity index (χ0n) is 17.1. The summed E-state index contributed by atoms with van der Waals surface area (Å²) in [5.74, 6) is 1.51. The van der Waals surface area contributed by atoms with E-state index >= 15 is 0 Å². The van der Waals surface area contributed by atoms with E-state index in [-0.39, 0.29) is 29.6 Å². The van der Waals surface area contributed by atoms with Crippen molar-refractivity contribution < 1.29 is 23.8 Å². The number of hydrogen-bond donors (Lipinski definition) is 0. The molecule has 0 aromatic heterocycles. The molecule has 0 N–H and O–H groups in total. The van der Waals surface area contributed by atoms with E-state index < -0.39 is 0 Å². The zero-order chi connectivity index (χ0) is 20.1. The molecular weight excluding hydrogens is 358 g/mol. The second-order valence-corrected chi connectivity index (χ2v) is 8.48. The molecule has 152 valence electrons. The van der Waals surface area contributed by atoms with Gasteiger partial charge in [0.05, 0.1) is 14.2 Å². The third kappa shape index (κ3) is 2.98. The Morgan fingerprint density at radius 3 is 2.61 bits per heavy atom. The maximum absolute atomic E-state index is 13.2. The molecule has 1 aromatic carbocycles. The van der Waals surface area contributed by atoms with Crippen molar-refractivity contribution in [1.82, 2.24) is 4.90 Å². The van der Waals surface area contributed by atoms with Crippen LogP contribution in [0.2, 0.25) is 0 Å². The number of methoxy groups -OCH3 is 2. The van der Waals surface area contributed by atoms with Gasteiger partial charge in [-0.25, -0.2) is 0 Å². The minimum absolute atomic E-state index is 0.0465. The highest BCUT2D eigenvalue weighted by atomic mass is 16.5. The van der Waals surface area contributed by atoms with Crippen LogP contribution in [0.1, 0.15) is 56.7 Å². The summed E-state index contributed by atoms with van der Waals surface area (Å²) in [6.07, 6.45) is 3.59. The predicted octanol–water partition coefficient (Wildman–Crippen LogP) is 3.07. The summed E-state index contributed by atoms with van der Waals surface area (Å²) >= 11 is 0. The van der Waals surface area contributed by atoms with Gasteiger partial charge < -0.3 is 14.2 Å². The Labute approximate surface area is 166 Å². The third-order valence-electron chi connectivity index (χ3n) is 7.00. The highest BCUT2D eigenvalue weighted by molar-refractivity contribution is 5.87. The van der Waals surface area contributed by atoms with Crippen LogP contribution in [0.25, 0.3) is 0 Å². The van der Waals surface area contributed by atoms with Gasteiger partial charge in [0.1, 0.15) is 11.9 Å². The number of ether oxygens (including phenoxy) is 3. The van der Waals surface area contributed by atoms with Gasteiger partial charge in [0.15, 0.2) is 11.5 Å². The quantitative estimate of drug-likeness (QED) is 0.743. The minimum atomic E-state index is -0.360. The van der Waals surface area contributed by atoms with Crippen molar-refractivity contribution in [2.45, 2.75) is 64.1 Å². The number of nitrogens with zero attached hydrogens (tertiary/aromatic N) is 1. The molecule has 0 spiro atoms. The monoisotopic (exact) mass is 387 g/mol. The van der Waals surface area contributed by atoms with E-state index in [2.05, 4.69) is 11.8 Å². The van der Waals surface area contributed by atoms with E-state index in [4.69, 9.17) is 14.2 Å². The summed E-state index contributed by atoms with van der Waals surface area (Å²) in [6.45, 7) is 4.46. The minimum Gasteiger partial charge on any atom is -0.493 e. The lowest BCUT2D eigenvalue weighted by atomic mass is 9.62. The molecule has 0 bridgehead atoms. The van der Waals surface area contributed by atoms with Crippen LogP contribution in [0.15, 0.2) is 12.1 Å². The number of fused-ring (bicyclic) bond motifs is 5. The Morgan fingerprint density at radius 1 is 1.21 bits per heavy atom. The van der Waals surface area contributed by atoms with Crippen LogP contribution in [-0.2, 0) is 20.7 Å². The van der Waals surface area contributed by atoms with E-state index in [1.54, 1.807) is 14.2 Å². The first kappa shape index (κ1) is 19.2. The largest absolute Gasteiger partial charge is 0.493 e. The SMILES string of the molecule is COc1cc2c(cc1OC)[C@H]1CC(=O)[C@]3(C)CC[C@H](OC(C)=O)CC3N1CC2. The zero-order valence-corrected chi connectivity index (χ0v) is 17.1. The highest BCUT2D eigenvalue weighted by Crippen LogP contribution is 2.52. The number of hydrogen-bond acceptors (Lipinski definition) is 6. The average Bonchev–Trinajstić information content (AvgIpc) is 2.67. The van der Waals surface area contributed by atoms with Crippen molar-refractivity contribution in [3.63, 3.8) is 0 Å². The summed E-state index contributed by atoms with van der Waals surface area (Å²) in [4.78, 5) is 27.2. The smallest absolute Gasteiger partial charge is 0.302 e. The maximum atomic E-state index is 13.2. The molecule has 28 heavy (non-hydrogen) atoms. The predicted molar refractivity (Wildman–Crippen MR) is 104 cm³/mol. The fourth-order valence-electron chi connectivity index (χ4n) is 5.48. The Bertz CT molecular complexity index is 806. The molecule has 1 aliphatic carbocycles. The maximum Gasteiger partial charge on any atom is 0.302 e. The van der Waals surface area contributed by atoms with Crippen LogP contribution in [-0.4, -0.2) is 49.6 Å². The molecule has 1 unspecified atom stereocenters. The van der Waals surface area contributed by atoms with Crippen molar-refractivity contribution in [2.24, 2.45) is 5.41 Å². The topological polar surface area (TPSA) is 65.1 Å². The number of Topliss-reactive ketones (excluding diaryl/α,β-unsaturated/α-hetero) is 1. The molecule has 1 saturated heterocycles. The number of benzene rings is 1. The molecule has 0 amide bonds.